The molecule has 1 aliphatic heterocycles. The molecule has 0 radical (unpaired) electrons. The number of rotatable bonds is 6. The van der Waals surface area contributed by atoms with Gasteiger partial charge in [0.05, 0.1) is 12.0 Å². The molecule has 0 unspecified atom stereocenters. The minimum Gasteiger partial charge on any atom is -0.386 e. The van der Waals surface area contributed by atoms with Gasteiger partial charge in [-0.3, -0.25) is 9.78 Å². The molecule has 0 aliphatic carbocycles. The number of carbonyl (C=O) groups is 1. The molecule has 1 saturated heterocycles. The number of hydrogen-bond donors (Lipinski definition) is 3. The molecule has 1 amide bonds. The van der Waals surface area contributed by atoms with Crippen molar-refractivity contribution >= 4 is 17.5 Å². The predicted molar refractivity (Wildman–Crippen MR) is 98.9 cm³/mol. The fraction of sp³-hybridized carbons (Fsp3) is 0.444. The van der Waals surface area contributed by atoms with Crippen LogP contribution in [0.2, 0.25) is 0 Å². The van der Waals surface area contributed by atoms with Crippen LogP contribution in [0.15, 0.2) is 36.9 Å². The lowest BCUT2D eigenvalue weighted by atomic mass is 9.92. The number of β-amino-alcohol motifs (C(OH)–C–C–N with tert-alkyl or cyclic N) is 1. The zero-order chi connectivity index (χ0) is 18.4. The first-order valence-electron chi connectivity index (χ1n) is 8.71. The Balaban J connectivity index is 1.57. The summed E-state index contributed by atoms with van der Waals surface area (Å²) >= 11 is 0. The van der Waals surface area contributed by atoms with Crippen molar-refractivity contribution in [2.45, 2.75) is 24.9 Å². The van der Waals surface area contributed by atoms with Gasteiger partial charge in [0, 0.05) is 45.1 Å². The van der Waals surface area contributed by atoms with Gasteiger partial charge in [-0.15, -0.1) is 0 Å². The molecule has 0 saturated carbocycles. The summed E-state index contributed by atoms with van der Waals surface area (Å²) in [5.41, 5.74) is -0.129. The Morgan fingerprint density at radius 3 is 3.08 bits per heavy atom. The zero-order valence-corrected chi connectivity index (χ0v) is 14.9. The summed E-state index contributed by atoms with van der Waals surface area (Å²) in [7, 11) is 1.80. The van der Waals surface area contributed by atoms with Gasteiger partial charge in [0.25, 0.3) is 0 Å². The van der Waals surface area contributed by atoms with Crippen LogP contribution in [-0.2, 0) is 11.2 Å². The van der Waals surface area contributed by atoms with E-state index in [9.17, 15) is 9.90 Å². The Morgan fingerprint density at radius 1 is 1.42 bits per heavy atom. The minimum absolute atomic E-state index is 0.122. The number of piperidine rings is 1. The van der Waals surface area contributed by atoms with Crippen LogP contribution < -0.4 is 15.5 Å². The van der Waals surface area contributed by atoms with Crippen molar-refractivity contribution in [3.8, 4) is 0 Å². The number of anilines is 2. The van der Waals surface area contributed by atoms with E-state index in [-0.39, 0.29) is 18.9 Å². The van der Waals surface area contributed by atoms with Crippen molar-refractivity contribution in [3.05, 3.63) is 42.5 Å². The van der Waals surface area contributed by atoms with Crippen LogP contribution in [0.5, 0.6) is 0 Å². The molecule has 0 aromatic carbocycles. The van der Waals surface area contributed by atoms with Crippen LogP contribution in [0.1, 0.15) is 18.4 Å². The molecule has 1 atom stereocenters. The van der Waals surface area contributed by atoms with Gasteiger partial charge in [-0.1, -0.05) is 6.07 Å². The number of carbonyl (C=O) groups excluding carboxylic acids is 1. The number of nitrogens with one attached hydrogen (secondary N) is 2. The van der Waals surface area contributed by atoms with Gasteiger partial charge in [-0.25, -0.2) is 9.97 Å². The van der Waals surface area contributed by atoms with Crippen molar-refractivity contribution in [3.63, 3.8) is 0 Å². The number of aromatic nitrogens is 3. The van der Waals surface area contributed by atoms with E-state index in [2.05, 4.69) is 25.6 Å². The third kappa shape index (κ3) is 4.66. The quantitative estimate of drug-likeness (QED) is 0.696. The highest BCUT2D eigenvalue weighted by Gasteiger charge is 2.34. The fourth-order valence-corrected chi connectivity index (χ4v) is 3.12. The summed E-state index contributed by atoms with van der Waals surface area (Å²) in [4.78, 5) is 26.6. The monoisotopic (exact) mass is 356 g/mol. The Hall–Kier alpha value is -2.74. The smallest absolute Gasteiger partial charge is 0.224 e. The number of hydrogen-bond acceptors (Lipinski definition) is 7. The molecule has 8 nitrogen and oxygen atoms in total. The number of pyridine rings is 1. The SMILES string of the molecule is CNc1cc(N2CCC[C@@](O)(CNC(=O)Cc3cccnc3)C2)ncn1. The van der Waals surface area contributed by atoms with Crippen molar-refractivity contribution in [1.29, 1.82) is 0 Å². The Kier molecular flexibility index (Phi) is 5.62. The lowest BCUT2D eigenvalue weighted by Crippen LogP contribution is -2.54. The number of aliphatic hydroxyl groups is 1. The summed E-state index contributed by atoms with van der Waals surface area (Å²) in [6, 6.07) is 5.51. The maximum absolute atomic E-state index is 12.1. The third-order valence-electron chi connectivity index (χ3n) is 4.49. The van der Waals surface area contributed by atoms with Gasteiger partial charge in [-0.05, 0) is 24.5 Å². The molecule has 138 valence electrons. The van der Waals surface area contributed by atoms with Crippen LogP contribution in [0.4, 0.5) is 11.6 Å². The second-order valence-electron chi connectivity index (χ2n) is 6.58. The average Bonchev–Trinajstić information content (AvgIpc) is 2.67. The summed E-state index contributed by atoms with van der Waals surface area (Å²) in [6.07, 6.45) is 6.57. The summed E-state index contributed by atoms with van der Waals surface area (Å²) in [5, 5.41) is 16.8. The molecule has 2 aromatic rings. The van der Waals surface area contributed by atoms with Gasteiger partial charge in [0.2, 0.25) is 5.91 Å². The highest BCUT2D eigenvalue weighted by atomic mass is 16.3. The first kappa shape index (κ1) is 18.1. The largest absolute Gasteiger partial charge is 0.386 e. The highest BCUT2D eigenvalue weighted by Crippen LogP contribution is 2.25. The molecule has 3 rings (SSSR count). The maximum Gasteiger partial charge on any atom is 0.224 e. The molecular weight excluding hydrogens is 332 g/mol. The Bertz CT molecular complexity index is 741. The molecular formula is C18H24N6O2. The maximum atomic E-state index is 12.1. The minimum atomic E-state index is -0.979. The molecule has 8 heteroatoms. The molecule has 1 fully saturated rings. The number of nitrogens with zero attached hydrogens (tertiary/aromatic N) is 4. The first-order valence-corrected chi connectivity index (χ1v) is 8.71. The van der Waals surface area contributed by atoms with E-state index in [1.54, 1.807) is 25.5 Å². The summed E-state index contributed by atoms with van der Waals surface area (Å²) in [5.74, 6) is 1.38. The summed E-state index contributed by atoms with van der Waals surface area (Å²) in [6.45, 7) is 1.44. The first-order chi connectivity index (χ1) is 12.6. The van der Waals surface area contributed by atoms with Crippen LogP contribution in [0.25, 0.3) is 0 Å². The molecule has 3 heterocycles. The van der Waals surface area contributed by atoms with E-state index in [0.29, 0.717) is 13.0 Å². The molecule has 0 bridgehead atoms. The van der Waals surface area contributed by atoms with Crippen LogP contribution in [0, 0.1) is 0 Å². The second-order valence-corrected chi connectivity index (χ2v) is 6.58. The van der Waals surface area contributed by atoms with E-state index in [1.807, 2.05) is 17.0 Å². The van der Waals surface area contributed by atoms with Crippen LogP contribution in [-0.4, -0.2) is 58.2 Å². The van der Waals surface area contributed by atoms with Gasteiger partial charge in [-0.2, -0.15) is 0 Å². The highest BCUT2D eigenvalue weighted by molar-refractivity contribution is 5.78. The van der Waals surface area contributed by atoms with Gasteiger partial charge < -0.3 is 20.6 Å². The molecule has 2 aromatic heterocycles. The second kappa shape index (κ2) is 8.09. The number of amides is 1. The average molecular weight is 356 g/mol. The Morgan fingerprint density at radius 2 is 2.31 bits per heavy atom. The third-order valence-corrected chi connectivity index (χ3v) is 4.49. The normalized spacial score (nSPS) is 19.8. The predicted octanol–water partition coefficient (Wildman–Crippen LogP) is 0.603. The standard InChI is InChI=1S/C18H24N6O2/c1-19-15-9-16(23-13-22-15)24-7-3-5-18(26,12-24)11-21-17(25)8-14-4-2-6-20-10-14/h2,4,6,9-10,13,26H,3,5,7-8,11-12H2,1H3,(H,21,25)(H,19,22,23)/t18-/m1/s1. The van der Waals surface area contributed by atoms with E-state index < -0.39 is 5.60 Å². The van der Waals surface area contributed by atoms with Crippen LogP contribution >= 0.6 is 0 Å². The summed E-state index contributed by atoms with van der Waals surface area (Å²) < 4.78 is 0. The topological polar surface area (TPSA) is 103 Å². The van der Waals surface area contributed by atoms with Crippen molar-refractivity contribution in [1.82, 2.24) is 20.3 Å². The van der Waals surface area contributed by atoms with Crippen molar-refractivity contribution in [2.24, 2.45) is 0 Å². The van der Waals surface area contributed by atoms with Gasteiger partial charge >= 0.3 is 0 Å². The van der Waals surface area contributed by atoms with E-state index in [4.69, 9.17) is 0 Å². The van der Waals surface area contributed by atoms with Gasteiger partial charge in [0.15, 0.2) is 0 Å². The molecule has 0 spiro atoms. The fourth-order valence-electron chi connectivity index (χ4n) is 3.12. The molecule has 1 aliphatic rings. The molecule has 3 N–H and O–H groups in total. The lowest BCUT2D eigenvalue weighted by Gasteiger charge is -2.39. The van der Waals surface area contributed by atoms with E-state index >= 15 is 0 Å². The Labute approximate surface area is 152 Å². The van der Waals surface area contributed by atoms with Crippen molar-refractivity contribution in [2.75, 3.05) is 36.9 Å². The van der Waals surface area contributed by atoms with Gasteiger partial charge in [0.1, 0.15) is 18.0 Å². The van der Waals surface area contributed by atoms with E-state index in [0.717, 1.165) is 30.2 Å². The zero-order valence-electron chi connectivity index (χ0n) is 14.9. The van der Waals surface area contributed by atoms with Crippen molar-refractivity contribution < 1.29 is 9.90 Å². The molecule has 26 heavy (non-hydrogen) atoms. The van der Waals surface area contributed by atoms with E-state index in [1.165, 1.54) is 6.33 Å². The van der Waals surface area contributed by atoms with Crippen LogP contribution in [0.3, 0.4) is 0 Å². The lowest BCUT2D eigenvalue weighted by molar-refractivity contribution is -0.121.